The van der Waals surface area contributed by atoms with Crippen LogP contribution < -0.4 is 5.32 Å². The average Bonchev–Trinajstić information content (AvgIpc) is 2.36. The van der Waals surface area contributed by atoms with Gasteiger partial charge in [0.1, 0.15) is 5.82 Å². The predicted octanol–water partition coefficient (Wildman–Crippen LogP) is 1.71. The van der Waals surface area contributed by atoms with E-state index >= 15 is 0 Å². The van der Waals surface area contributed by atoms with E-state index < -0.39 is 0 Å². The fourth-order valence-electron chi connectivity index (χ4n) is 1.17. The van der Waals surface area contributed by atoms with Gasteiger partial charge in [-0.2, -0.15) is 0 Å². The lowest BCUT2D eigenvalue weighted by Crippen LogP contribution is -2.18. The first kappa shape index (κ1) is 13.4. The number of hydrogen-bond acceptors (Lipinski definition) is 5. The molecule has 5 heteroatoms. The number of carbonyl (C=O) groups is 1. The first-order valence-electron chi connectivity index (χ1n) is 5.57. The third kappa shape index (κ3) is 4.40. The summed E-state index contributed by atoms with van der Waals surface area (Å²) in [5.74, 6) is 0.360. The van der Waals surface area contributed by atoms with E-state index in [1.54, 1.807) is 26.2 Å². The summed E-state index contributed by atoms with van der Waals surface area (Å²) in [6.07, 6.45) is 1.61. The Morgan fingerprint density at radius 3 is 2.82 bits per heavy atom. The van der Waals surface area contributed by atoms with E-state index in [1.165, 1.54) is 6.20 Å². The summed E-state index contributed by atoms with van der Waals surface area (Å²) in [5.41, 5.74) is 0.456. The summed E-state index contributed by atoms with van der Waals surface area (Å²) in [6, 6.07) is 3.43. The molecule has 0 saturated carbocycles. The Hall–Kier alpha value is -1.62. The molecule has 1 aromatic rings. The average molecular weight is 238 g/mol. The van der Waals surface area contributed by atoms with Crippen LogP contribution in [0.4, 0.5) is 5.82 Å². The summed E-state index contributed by atoms with van der Waals surface area (Å²) in [5, 5.41) is 3.11. The van der Waals surface area contributed by atoms with Gasteiger partial charge >= 0.3 is 5.97 Å². The van der Waals surface area contributed by atoms with Crippen LogP contribution in [0.1, 0.15) is 24.2 Å². The molecule has 0 saturated heterocycles. The van der Waals surface area contributed by atoms with E-state index in [4.69, 9.17) is 9.47 Å². The standard InChI is InChI=1S/C12H18N2O3/c1-4-17-12(15)10-5-6-11(14-8-10)13-7-9(2)16-3/h5-6,8-9H,4,7H2,1-3H3,(H,13,14). The first-order valence-corrected chi connectivity index (χ1v) is 5.57. The molecule has 1 rings (SSSR count). The van der Waals surface area contributed by atoms with Crippen LogP contribution in [0, 0.1) is 0 Å². The quantitative estimate of drug-likeness (QED) is 0.764. The van der Waals surface area contributed by atoms with Gasteiger partial charge in [-0.05, 0) is 26.0 Å². The monoisotopic (exact) mass is 238 g/mol. The van der Waals surface area contributed by atoms with Crippen LogP contribution in [0.5, 0.6) is 0 Å². The van der Waals surface area contributed by atoms with E-state index in [0.29, 0.717) is 24.5 Å². The Bertz CT molecular complexity index is 351. The van der Waals surface area contributed by atoms with Gasteiger partial charge in [0.2, 0.25) is 0 Å². The van der Waals surface area contributed by atoms with Crippen molar-refractivity contribution in [2.45, 2.75) is 20.0 Å². The number of rotatable bonds is 6. The summed E-state index contributed by atoms with van der Waals surface area (Å²) < 4.78 is 9.97. The summed E-state index contributed by atoms with van der Waals surface area (Å²) in [4.78, 5) is 15.5. The van der Waals surface area contributed by atoms with Crippen LogP contribution >= 0.6 is 0 Å². The molecule has 1 aromatic heterocycles. The van der Waals surface area contributed by atoms with Gasteiger partial charge in [0.25, 0.3) is 0 Å². The molecule has 94 valence electrons. The molecule has 1 atom stereocenters. The molecule has 0 aliphatic heterocycles. The largest absolute Gasteiger partial charge is 0.462 e. The second kappa shape index (κ2) is 6.85. The highest BCUT2D eigenvalue weighted by Crippen LogP contribution is 2.06. The molecule has 1 unspecified atom stereocenters. The van der Waals surface area contributed by atoms with E-state index in [1.807, 2.05) is 6.92 Å². The number of carbonyl (C=O) groups excluding carboxylic acids is 1. The maximum atomic E-state index is 11.4. The van der Waals surface area contributed by atoms with Crippen LogP contribution in [-0.2, 0) is 9.47 Å². The van der Waals surface area contributed by atoms with Gasteiger partial charge in [0.15, 0.2) is 0 Å². The van der Waals surface area contributed by atoms with Gasteiger partial charge in [-0.25, -0.2) is 9.78 Å². The fraction of sp³-hybridized carbons (Fsp3) is 0.500. The number of esters is 1. The topological polar surface area (TPSA) is 60.5 Å². The zero-order valence-electron chi connectivity index (χ0n) is 10.4. The van der Waals surface area contributed by atoms with Crippen molar-refractivity contribution < 1.29 is 14.3 Å². The van der Waals surface area contributed by atoms with Gasteiger partial charge in [-0.3, -0.25) is 0 Å². The van der Waals surface area contributed by atoms with Crippen molar-refractivity contribution in [3.63, 3.8) is 0 Å². The minimum Gasteiger partial charge on any atom is -0.462 e. The van der Waals surface area contributed by atoms with Gasteiger partial charge in [-0.1, -0.05) is 0 Å². The molecule has 0 bridgehead atoms. The molecule has 0 amide bonds. The Balaban J connectivity index is 2.53. The van der Waals surface area contributed by atoms with Crippen LogP contribution in [0.3, 0.4) is 0 Å². The maximum Gasteiger partial charge on any atom is 0.339 e. The summed E-state index contributed by atoms with van der Waals surface area (Å²) in [7, 11) is 1.66. The minimum absolute atomic E-state index is 0.113. The van der Waals surface area contributed by atoms with Crippen LogP contribution in [-0.4, -0.2) is 37.3 Å². The molecule has 0 aromatic carbocycles. The molecular formula is C12H18N2O3. The van der Waals surface area contributed by atoms with Gasteiger partial charge in [-0.15, -0.1) is 0 Å². The molecule has 0 aliphatic rings. The normalized spacial score (nSPS) is 11.9. The van der Waals surface area contributed by atoms with Crippen molar-refractivity contribution in [1.29, 1.82) is 0 Å². The van der Waals surface area contributed by atoms with Crippen molar-refractivity contribution in [2.75, 3.05) is 25.6 Å². The van der Waals surface area contributed by atoms with E-state index in [9.17, 15) is 4.79 Å². The zero-order valence-corrected chi connectivity index (χ0v) is 10.4. The fourth-order valence-corrected chi connectivity index (χ4v) is 1.17. The Kier molecular flexibility index (Phi) is 5.42. The van der Waals surface area contributed by atoms with Crippen molar-refractivity contribution in [2.24, 2.45) is 0 Å². The molecule has 0 fully saturated rings. The van der Waals surface area contributed by atoms with E-state index in [-0.39, 0.29) is 12.1 Å². The highest BCUT2D eigenvalue weighted by molar-refractivity contribution is 5.89. The molecule has 0 spiro atoms. The number of methoxy groups -OCH3 is 1. The SMILES string of the molecule is CCOC(=O)c1ccc(NCC(C)OC)nc1. The van der Waals surface area contributed by atoms with Crippen LogP contribution in [0.15, 0.2) is 18.3 Å². The van der Waals surface area contributed by atoms with Gasteiger partial charge in [0.05, 0.1) is 18.3 Å². The van der Waals surface area contributed by atoms with Crippen molar-refractivity contribution in [1.82, 2.24) is 4.98 Å². The summed E-state index contributed by atoms with van der Waals surface area (Å²) in [6.45, 7) is 4.76. The Morgan fingerprint density at radius 2 is 2.29 bits per heavy atom. The molecular weight excluding hydrogens is 220 g/mol. The lowest BCUT2D eigenvalue weighted by Gasteiger charge is -2.11. The van der Waals surface area contributed by atoms with Crippen LogP contribution in [0.2, 0.25) is 0 Å². The zero-order chi connectivity index (χ0) is 12.7. The van der Waals surface area contributed by atoms with E-state index in [2.05, 4.69) is 10.3 Å². The number of aromatic nitrogens is 1. The lowest BCUT2D eigenvalue weighted by atomic mass is 10.3. The molecule has 0 radical (unpaired) electrons. The Morgan fingerprint density at radius 1 is 1.53 bits per heavy atom. The Labute approximate surface area is 101 Å². The van der Waals surface area contributed by atoms with Crippen molar-refractivity contribution in [3.05, 3.63) is 23.9 Å². The molecule has 1 heterocycles. The van der Waals surface area contributed by atoms with Crippen molar-refractivity contribution >= 4 is 11.8 Å². The number of hydrogen-bond donors (Lipinski definition) is 1. The van der Waals surface area contributed by atoms with Gasteiger partial charge < -0.3 is 14.8 Å². The highest BCUT2D eigenvalue weighted by atomic mass is 16.5. The molecule has 0 aliphatic carbocycles. The minimum atomic E-state index is -0.350. The number of nitrogens with one attached hydrogen (secondary N) is 1. The maximum absolute atomic E-state index is 11.4. The first-order chi connectivity index (χ1) is 8.17. The predicted molar refractivity (Wildman–Crippen MR) is 65.2 cm³/mol. The smallest absolute Gasteiger partial charge is 0.339 e. The number of pyridine rings is 1. The van der Waals surface area contributed by atoms with E-state index in [0.717, 1.165) is 0 Å². The highest BCUT2D eigenvalue weighted by Gasteiger charge is 2.06. The van der Waals surface area contributed by atoms with Gasteiger partial charge in [0, 0.05) is 19.9 Å². The number of nitrogens with zero attached hydrogens (tertiary/aromatic N) is 1. The van der Waals surface area contributed by atoms with Crippen molar-refractivity contribution in [3.8, 4) is 0 Å². The number of anilines is 1. The molecule has 5 nitrogen and oxygen atoms in total. The lowest BCUT2D eigenvalue weighted by molar-refractivity contribution is 0.0526. The summed E-state index contributed by atoms with van der Waals surface area (Å²) >= 11 is 0. The van der Waals surface area contributed by atoms with Crippen LogP contribution in [0.25, 0.3) is 0 Å². The molecule has 17 heavy (non-hydrogen) atoms. The number of ether oxygens (including phenoxy) is 2. The second-order valence-electron chi connectivity index (χ2n) is 3.58. The molecule has 1 N–H and O–H groups in total. The third-order valence-electron chi connectivity index (χ3n) is 2.25. The second-order valence-corrected chi connectivity index (χ2v) is 3.58. The third-order valence-corrected chi connectivity index (χ3v) is 2.25.